The molecule has 0 aromatic heterocycles. The van der Waals surface area contributed by atoms with Gasteiger partial charge in [-0.3, -0.25) is 9.52 Å². The number of sulfonamides is 1. The second-order valence-electron chi connectivity index (χ2n) is 4.96. The molecule has 1 fully saturated rings. The Balaban J connectivity index is 0.00000242. The van der Waals surface area contributed by atoms with Crippen LogP contribution in [0.25, 0.3) is 0 Å². The summed E-state index contributed by atoms with van der Waals surface area (Å²) in [7, 11) is -3.54. The van der Waals surface area contributed by atoms with Crippen LogP contribution in [0.1, 0.15) is 16.8 Å². The molecule has 2 N–H and O–H groups in total. The highest BCUT2D eigenvalue weighted by molar-refractivity contribution is 7.92. The predicted molar refractivity (Wildman–Crippen MR) is 85.5 cm³/mol. The highest BCUT2D eigenvalue weighted by atomic mass is 35.5. The van der Waals surface area contributed by atoms with Crippen LogP contribution in [0.4, 0.5) is 10.1 Å². The van der Waals surface area contributed by atoms with Gasteiger partial charge in [-0.15, -0.1) is 12.4 Å². The van der Waals surface area contributed by atoms with Crippen LogP contribution in [0, 0.1) is 5.82 Å². The van der Waals surface area contributed by atoms with Crippen molar-refractivity contribution in [1.82, 2.24) is 10.2 Å². The van der Waals surface area contributed by atoms with Crippen LogP contribution in [0.15, 0.2) is 18.2 Å². The van der Waals surface area contributed by atoms with Gasteiger partial charge < -0.3 is 10.2 Å². The molecule has 1 amide bonds. The van der Waals surface area contributed by atoms with Crippen LogP contribution in [-0.2, 0) is 10.0 Å². The van der Waals surface area contributed by atoms with Gasteiger partial charge in [-0.2, -0.15) is 0 Å². The van der Waals surface area contributed by atoms with Crippen LogP contribution in [0.5, 0.6) is 0 Å². The molecule has 0 unspecified atom stereocenters. The molecule has 1 aromatic rings. The Morgan fingerprint density at radius 2 is 2.05 bits per heavy atom. The fourth-order valence-corrected chi connectivity index (χ4v) is 2.78. The molecule has 124 valence electrons. The summed E-state index contributed by atoms with van der Waals surface area (Å²) in [5.74, 6) is -0.949. The first-order valence-electron chi connectivity index (χ1n) is 6.64. The first-order valence-corrected chi connectivity index (χ1v) is 8.53. The number of halogens is 2. The van der Waals surface area contributed by atoms with E-state index in [-0.39, 0.29) is 29.6 Å². The quantitative estimate of drug-likeness (QED) is 0.853. The average Bonchev–Trinajstić information content (AvgIpc) is 2.67. The van der Waals surface area contributed by atoms with Crippen molar-refractivity contribution in [3.05, 3.63) is 29.6 Å². The lowest BCUT2D eigenvalue weighted by Crippen LogP contribution is -2.34. The maximum absolute atomic E-state index is 13.4. The maximum atomic E-state index is 13.4. The van der Waals surface area contributed by atoms with Crippen molar-refractivity contribution in [2.45, 2.75) is 6.42 Å². The summed E-state index contributed by atoms with van der Waals surface area (Å²) < 4.78 is 38.4. The molecule has 9 heteroatoms. The van der Waals surface area contributed by atoms with Gasteiger partial charge >= 0.3 is 0 Å². The summed E-state index contributed by atoms with van der Waals surface area (Å²) in [6.07, 6.45) is 1.79. The number of carbonyl (C=O) groups is 1. The Morgan fingerprint density at radius 3 is 2.73 bits per heavy atom. The van der Waals surface area contributed by atoms with E-state index in [1.54, 1.807) is 4.90 Å². The van der Waals surface area contributed by atoms with Crippen molar-refractivity contribution in [1.29, 1.82) is 0 Å². The third-order valence-corrected chi connectivity index (χ3v) is 3.73. The van der Waals surface area contributed by atoms with E-state index >= 15 is 0 Å². The zero-order chi connectivity index (χ0) is 15.5. The lowest BCUT2D eigenvalue weighted by atomic mass is 10.1. The van der Waals surface area contributed by atoms with E-state index in [9.17, 15) is 17.6 Å². The minimum absolute atomic E-state index is 0. The largest absolute Gasteiger partial charge is 0.337 e. The monoisotopic (exact) mass is 351 g/mol. The summed E-state index contributed by atoms with van der Waals surface area (Å²) in [5, 5.41) is 3.17. The van der Waals surface area contributed by atoms with E-state index in [4.69, 9.17) is 0 Å². The first-order chi connectivity index (χ1) is 9.87. The number of hydrogen-bond donors (Lipinski definition) is 2. The smallest absolute Gasteiger partial charge is 0.256 e. The van der Waals surface area contributed by atoms with E-state index in [2.05, 4.69) is 10.0 Å². The molecule has 1 heterocycles. The molecule has 6 nitrogen and oxygen atoms in total. The second kappa shape index (κ2) is 7.75. The lowest BCUT2D eigenvalue weighted by Gasteiger charge is -2.21. The number of hydrogen-bond acceptors (Lipinski definition) is 4. The van der Waals surface area contributed by atoms with Gasteiger partial charge in [0.1, 0.15) is 5.82 Å². The average molecular weight is 352 g/mol. The SMILES string of the molecule is CS(=O)(=O)Nc1ccc(F)cc1C(=O)N1CCCNCC1.Cl. The van der Waals surface area contributed by atoms with E-state index in [1.165, 1.54) is 6.07 Å². The third-order valence-electron chi connectivity index (χ3n) is 3.13. The topological polar surface area (TPSA) is 78.5 Å². The summed E-state index contributed by atoms with van der Waals surface area (Å²) in [5.41, 5.74) is 0.128. The Hall–Kier alpha value is -1.38. The van der Waals surface area contributed by atoms with Crippen molar-refractivity contribution in [2.75, 3.05) is 37.2 Å². The van der Waals surface area contributed by atoms with Crippen LogP contribution in [0.2, 0.25) is 0 Å². The number of benzene rings is 1. The number of nitrogens with one attached hydrogen (secondary N) is 2. The van der Waals surface area contributed by atoms with Crippen LogP contribution in [0.3, 0.4) is 0 Å². The third kappa shape index (κ3) is 5.11. The van der Waals surface area contributed by atoms with Crippen molar-refractivity contribution >= 4 is 34.0 Å². The molecule has 0 bridgehead atoms. The molecule has 0 radical (unpaired) electrons. The van der Waals surface area contributed by atoms with Gasteiger partial charge in [0, 0.05) is 19.6 Å². The number of amides is 1. The van der Waals surface area contributed by atoms with E-state index in [1.807, 2.05) is 0 Å². The van der Waals surface area contributed by atoms with Crippen LogP contribution in [-0.4, -0.2) is 51.7 Å². The lowest BCUT2D eigenvalue weighted by molar-refractivity contribution is 0.0767. The molecule has 22 heavy (non-hydrogen) atoms. The van der Waals surface area contributed by atoms with Gasteiger partial charge in [-0.25, -0.2) is 12.8 Å². The highest BCUT2D eigenvalue weighted by Gasteiger charge is 2.21. The van der Waals surface area contributed by atoms with Crippen LogP contribution < -0.4 is 10.0 Å². The Kier molecular flexibility index (Phi) is 6.58. The minimum atomic E-state index is -3.54. The summed E-state index contributed by atoms with van der Waals surface area (Å²) in [6, 6.07) is 3.45. The Bertz CT molecular complexity index is 631. The van der Waals surface area contributed by atoms with E-state index in [0.29, 0.717) is 19.6 Å². The fourth-order valence-electron chi connectivity index (χ4n) is 2.20. The van der Waals surface area contributed by atoms with Gasteiger partial charge in [0.2, 0.25) is 10.0 Å². The number of carbonyl (C=O) groups excluding carboxylic acids is 1. The normalized spacial score (nSPS) is 15.6. The molecule has 1 aliphatic heterocycles. The summed E-state index contributed by atoms with van der Waals surface area (Å²) in [6.45, 7) is 2.55. The van der Waals surface area contributed by atoms with Gasteiger partial charge in [-0.05, 0) is 31.2 Å². The van der Waals surface area contributed by atoms with Crippen molar-refractivity contribution < 1.29 is 17.6 Å². The summed E-state index contributed by atoms with van der Waals surface area (Å²) in [4.78, 5) is 14.1. The molecule has 0 spiro atoms. The zero-order valence-corrected chi connectivity index (χ0v) is 13.8. The number of nitrogens with zero attached hydrogens (tertiary/aromatic N) is 1. The molecule has 2 rings (SSSR count). The molecular weight excluding hydrogens is 333 g/mol. The van der Waals surface area contributed by atoms with E-state index < -0.39 is 15.8 Å². The minimum Gasteiger partial charge on any atom is -0.337 e. The van der Waals surface area contributed by atoms with Crippen molar-refractivity contribution in [2.24, 2.45) is 0 Å². The molecule has 1 aliphatic rings. The highest BCUT2D eigenvalue weighted by Crippen LogP contribution is 2.20. The molecular formula is C13H19ClFN3O3S. The molecule has 0 saturated carbocycles. The van der Waals surface area contributed by atoms with Gasteiger partial charge in [-0.1, -0.05) is 0 Å². The summed E-state index contributed by atoms with van der Waals surface area (Å²) >= 11 is 0. The fraction of sp³-hybridized carbons (Fsp3) is 0.462. The van der Waals surface area contributed by atoms with Crippen LogP contribution >= 0.6 is 12.4 Å². The Morgan fingerprint density at radius 1 is 1.32 bits per heavy atom. The molecule has 0 atom stereocenters. The predicted octanol–water partition coefficient (Wildman–Crippen LogP) is 1.05. The number of rotatable bonds is 3. The first kappa shape index (κ1) is 18.7. The maximum Gasteiger partial charge on any atom is 0.256 e. The van der Waals surface area contributed by atoms with Crippen molar-refractivity contribution in [3.8, 4) is 0 Å². The molecule has 1 saturated heterocycles. The van der Waals surface area contributed by atoms with Crippen molar-refractivity contribution in [3.63, 3.8) is 0 Å². The van der Waals surface area contributed by atoms with Gasteiger partial charge in [0.15, 0.2) is 0 Å². The van der Waals surface area contributed by atoms with E-state index in [0.717, 1.165) is 31.4 Å². The second-order valence-corrected chi connectivity index (χ2v) is 6.71. The Labute approximate surface area is 135 Å². The van der Waals surface area contributed by atoms with Gasteiger partial charge in [0.05, 0.1) is 17.5 Å². The molecule has 1 aromatic carbocycles. The molecule has 0 aliphatic carbocycles. The zero-order valence-electron chi connectivity index (χ0n) is 12.1. The standard InChI is InChI=1S/C13H18FN3O3S.ClH/c1-21(19,20)16-12-4-3-10(14)9-11(12)13(18)17-7-2-5-15-6-8-17;/h3-4,9,15-16H,2,5-8H2,1H3;1H. The number of anilines is 1. The van der Waals surface area contributed by atoms with Gasteiger partial charge in [0.25, 0.3) is 5.91 Å².